The molecule has 0 radical (unpaired) electrons. The van der Waals surface area contributed by atoms with Gasteiger partial charge < -0.3 is 15.0 Å². The first-order valence-corrected chi connectivity index (χ1v) is 9.95. The molecular formula is C22H28Cl2N2O2. The van der Waals surface area contributed by atoms with E-state index in [-0.39, 0.29) is 24.9 Å². The van der Waals surface area contributed by atoms with Crippen molar-refractivity contribution in [2.75, 3.05) is 33.3 Å². The van der Waals surface area contributed by atoms with Gasteiger partial charge in [-0.25, -0.2) is 0 Å². The molecule has 0 atom stereocenters. The fourth-order valence-corrected chi connectivity index (χ4v) is 3.71. The van der Waals surface area contributed by atoms with Gasteiger partial charge in [-0.2, -0.15) is 0 Å². The Morgan fingerprint density at radius 3 is 2.50 bits per heavy atom. The number of halogens is 2. The number of nitrogens with zero attached hydrogens (tertiary/aromatic N) is 1. The smallest absolute Gasteiger partial charge is 0.260 e. The average Bonchev–Trinajstić information content (AvgIpc) is 2.72. The summed E-state index contributed by atoms with van der Waals surface area (Å²) in [7, 11) is 1.98. The van der Waals surface area contributed by atoms with Gasteiger partial charge in [-0.05, 0) is 62.0 Å². The lowest BCUT2D eigenvalue weighted by Gasteiger charge is -2.32. The molecule has 4 nitrogen and oxygen atoms in total. The molecule has 1 amide bonds. The summed E-state index contributed by atoms with van der Waals surface area (Å²) in [6.45, 7) is 2.71. The molecule has 0 spiro atoms. The van der Waals surface area contributed by atoms with E-state index in [9.17, 15) is 4.79 Å². The second-order valence-corrected chi connectivity index (χ2v) is 7.42. The van der Waals surface area contributed by atoms with Gasteiger partial charge >= 0.3 is 0 Å². The molecule has 0 bridgehead atoms. The van der Waals surface area contributed by atoms with Crippen LogP contribution in [0.25, 0.3) is 11.1 Å². The SMILES string of the molecule is CNCCC1CCN(C(=O)COc2ccc(-c3ccccc3)cc2Cl)CC1.Cl. The third kappa shape index (κ3) is 6.13. The first-order chi connectivity index (χ1) is 13.2. The molecule has 6 heteroatoms. The second kappa shape index (κ2) is 11.3. The second-order valence-electron chi connectivity index (χ2n) is 7.02. The third-order valence-corrected chi connectivity index (χ3v) is 5.46. The minimum Gasteiger partial charge on any atom is -0.482 e. The zero-order valence-corrected chi connectivity index (χ0v) is 17.8. The lowest BCUT2D eigenvalue weighted by atomic mass is 9.93. The summed E-state index contributed by atoms with van der Waals surface area (Å²) < 4.78 is 5.70. The lowest BCUT2D eigenvalue weighted by molar-refractivity contribution is -0.134. The van der Waals surface area contributed by atoms with Crippen molar-refractivity contribution < 1.29 is 9.53 Å². The molecule has 1 saturated heterocycles. The average molecular weight is 423 g/mol. The van der Waals surface area contributed by atoms with Crippen molar-refractivity contribution >= 4 is 29.9 Å². The van der Waals surface area contributed by atoms with Gasteiger partial charge in [0.25, 0.3) is 5.91 Å². The molecule has 0 aromatic heterocycles. The number of benzene rings is 2. The molecule has 2 aromatic carbocycles. The number of rotatable bonds is 7. The highest BCUT2D eigenvalue weighted by molar-refractivity contribution is 6.32. The standard InChI is InChI=1S/C22H27ClN2O2.ClH/c1-24-12-9-17-10-13-25(14-11-17)22(26)16-27-21-8-7-19(15-20(21)23)18-5-3-2-4-6-18;/h2-8,15,17,24H,9-14,16H2,1H3;1H. The Morgan fingerprint density at radius 1 is 1.14 bits per heavy atom. The monoisotopic (exact) mass is 422 g/mol. The van der Waals surface area contributed by atoms with Crippen LogP contribution < -0.4 is 10.1 Å². The van der Waals surface area contributed by atoms with Crippen molar-refractivity contribution in [2.45, 2.75) is 19.3 Å². The van der Waals surface area contributed by atoms with E-state index in [2.05, 4.69) is 5.32 Å². The predicted octanol–water partition coefficient (Wildman–Crippen LogP) is 4.66. The maximum Gasteiger partial charge on any atom is 0.260 e. The molecule has 1 heterocycles. The van der Waals surface area contributed by atoms with Gasteiger partial charge in [0.15, 0.2) is 6.61 Å². The van der Waals surface area contributed by atoms with Gasteiger partial charge in [-0.15, -0.1) is 12.4 Å². The van der Waals surface area contributed by atoms with Crippen LogP contribution in [-0.2, 0) is 4.79 Å². The highest BCUT2D eigenvalue weighted by Gasteiger charge is 2.22. The maximum atomic E-state index is 12.4. The van der Waals surface area contributed by atoms with Crippen LogP contribution in [0.1, 0.15) is 19.3 Å². The molecular weight excluding hydrogens is 395 g/mol. The molecule has 1 aliphatic heterocycles. The first kappa shape index (κ1) is 22.5. The van der Waals surface area contributed by atoms with Crippen LogP contribution in [-0.4, -0.2) is 44.1 Å². The zero-order valence-electron chi connectivity index (χ0n) is 16.2. The minimum absolute atomic E-state index is 0. The molecule has 28 heavy (non-hydrogen) atoms. The fraction of sp³-hybridized carbons (Fsp3) is 0.409. The Morgan fingerprint density at radius 2 is 1.86 bits per heavy atom. The van der Waals surface area contributed by atoms with E-state index in [1.54, 1.807) is 0 Å². The Bertz CT molecular complexity index is 747. The Balaban J connectivity index is 0.00000280. The molecule has 2 aromatic rings. The summed E-state index contributed by atoms with van der Waals surface area (Å²) in [5, 5.41) is 3.72. The molecule has 1 N–H and O–H groups in total. The van der Waals surface area contributed by atoms with Crippen molar-refractivity contribution in [3.05, 3.63) is 53.6 Å². The number of hydrogen-bond donors (Lipinski definition) is 1. The number of carbonyl (C=O) groups excluding carboxylic acids is 1. The normalized spacial score (nSPS) is 14.4. The van der Waals surface area contributed by atoms with E-state index >= 15 is 0 Å². The van der Waals surface area contributed by atoms with Crippen molar-refractivity contribution in [3.63, 3.8) is 0 Å². The number of amides is 1. The van der Waals surface area contributed by atoms with Gasteiger partial charge in [0.05, 0.1) is 5.02 Å². The van der Waals surface area contributed by atoms with E-state index in [0.29, 0.717) is 16.7 Å². The van der Waals surface area contributed by atoms with Crippen LogP contribution in [0.5, 0.6) is 5.75 Å². The van der Waals surface area contributed by atoms with Crippen LogP contribution in [0.15, 0.2) is 48.5 Å². The number of likely N-dealkylation sites (tertiary alicyclic amines) is 1. The fourth-order valence-electron chi connectivity index (χ4n) is 3.48. The van der Waals surface area contributed by atoms with E-state index in [0.717, 1.165) is 43.6 Å². The summed E-state index contributed by atoms with van der Waals surface area (Å²) in [5.41, 5.74) is 2.13. The van der Waals surface area contributed by atoms with Crippen molar-refractivity contribution in [2.24, 2.45) is 5.92 Å². The summed E-state index contributed by atoms with van der Waals surface area (Å²) >= 11 is 6.36. The van der Waals surface area contributed by atoms with Gasteiger partial charge in [-0.3, -0.25) is 4.79 Å². The highest BCUT2D eigenvalue weighted by atomic mass is 35.5. The minimum atomic E-state index is 0. The highest BCUT2D eigenvalue weighted by Crippen LogP contribution is 2.30. The van der Waals surface area contributed by atoms with Crippen LogP contribution in [0.2, 0.25) is 5.02 Å². The van der Waals surface area contributed by atoms with Crippen molar-refractivity contribution in [3.8, 4) is 16.9 Å². The largest absolute Gasteiger partial charge is 0.482 e. The van der Waals surface area contributed by atoms with E-state index in [1.165, 1.54) is 6.42 Å². The molecule has 0 aliphatic carbocycles. The predicted molar refractivity (Wildman–Crippen MR) is 117 cm³/mol. The molecule has 1 fully saturated rings. The van der Waals surface area contributed by atoms with Gasteiger partial charge in [0.1, 0.15) is 5.75 Å². The van der Waals surface area contributed by atoms with Crippen LogP contribution >= 0.6 is 24.0 Å². The molecule has 0 saturated carbocycles. The van der Waals surface area contributed by atoms with Gasteiger partial charge in [-0.1, -0.05) is 48.0 Å². The topological polar surface area (TPSA) is 41.6 Å². The zero-order chi connectivity index (χ0) is 19.1. The molecule has 0 unspecified atom stereocenters. The number of hydrogen-bond acceptors (Lipinski definition) is 3. The van der Waals surface area contributed by atoms with Crippen LogP contribution in [0, 0.1) is 5.92 Å². The quantitative estimate of drug-likeness (QED) is 0.705. The Labute approximate surface area is 178 Å². The molecule has 3 rings (SSSR count). The Hall–Kier alpha value is -1.75. The third-order valence-electron chi connectivity index (χ3n) is 5.16. The summed E-state index contributed by atoms with van der Waals surface area (Å²) in [6.07, 6.45) is 3.32. The number of carbonyl (C=O) groups is 1. The van der Waals surface area contributed by atoms with Crippen molar-refractivity contribution in [1.29, 1.82) is 0 Å². The first-order valence-electron chi connectivity index (χ1n) is 9.57. The summed E-state index contributed by atoms with van der Waals surface area (Å²) in [5.74, 6) is 1.29. The van der Waals surface area contributed by atoms with Crippen molar-refractivity contribution in [1.82, 2.24) is 10.2 Å². The molecule has 152 valence electrons. The number of piperidine rings is 1. The molecule has 1 aliphatic rings. The van der Waals surface area contributed by atoms with Gasteiger partial charge in [0, 0.05) is 13.1 Å². The summed E-state index contributed by atoms with van der Waals surface area (Å²) in [4.78, 5) is 14.3. The van der Waals surface area contributed by atoms with E-state index in [4.69, 9.17) is 16.3 Å². The maximum absolute atomic E-state index is 12.4. The number of ether oxygens (including phenoxy) is 1. The number of nitrogens with one attached hydrogen (secondary N) is 1. The van der Waals surface area contributed by atoms with Crippen LogP contribution in [0.4, 0.5) is 0 Å². The summed E-state index contributed by atoms with van der Waals surface area (Å²) in [6, 6.07) is 15.7. The van der Waals surface area contributed by atoms with Gasteiger partial charge in [0.2, 0.25) is 0 Å². The lowest BCUT2D eigenvalue weighted by Crippen LogP contribution is -2.41. The Kier molecular flexibility index (Phi) is 9.10. The van der Waals surface area contributed by atoms with Crippen LogP contribution in [0.3, 0.4) is 0 Å². The van der Waals surface area contributed by atoms with E-state index in [1.807, 2.05) is 60.5 Å². The van der Waals surface area contributed by atoms with E-state index < -0.39 is 0 Å².